The van der Waals surface area contributed by atoms with E-state index < -0.39 is 0 Å². The van der Waals surface area contributed by atoms with Gasteiger partial charge < -0.3 is 20.9 Å². The van der Waals surface area contributed by atoms with Gasteiger partial charge in [0.1, 0.15) is 5.84 Å². The summed E-state index contributed by atoms with van der Waals surface area (Å²) in [5.74, 6) is -0.00353. The zero-order valence-electron chi connectivity index (χ0n) is 8.76. The molecule has 0 saturated carbocycles. The van der Waals surface area contributed by atoms with Crippen LogP contribution in [0.3, 0.4) is 0 Å². The van der Waals surface area contributed by atoms with E-state index in [2.05, 4.69) is 5.16 Å². The monoisotopic (exact) mass is 215 g/mol. The molecule has 0 aliphatic carbocycles. The number of amidine groups is 1. The van der Waals surface area contributed by atoms with Crippen molar-refractivity contribution in [1.82, 2.24) is 4.90 Å². The topological polar surface area (TPSA) is 99.2 Å². The SMILES string of the molecule is CC1CCN(C(=O)CC(N)=NO)C1CO. The maximum atomic E-state index is 11.7. The van der Waals surface area contributed by atoms with Gasteiger partial charge in [-0.3, -0.25) is 4.79 Å². The minimum Gasteiger partial charge on any atom is -0.409 e. The van der Waals surface area contributed by atoms with E-state index in [9.17, 15) is 4.79 Å². The van der Waals surface area contributed by atoms with E-state index in [-0.39, 0.29) is 30.8 Å². The van der Waals surface area contributed by atoms with Crippen molar-refractivity contribution in [1.29, 1.82) is 0 Å². The standard InChI is InChI=1S/C9H17N3O3/c1-6-2-3-12(7(6)5-13)9(14)4-8(10)11-15/h6-7,13,15H,2-5H2,1H3,(H2,10,11). The number of rotatable bonds is 3. The second kappa shape index (κ2) is 4.97. The number of nitrogens with zero attached hydrogens (tertiary/aromatic N) is 2. The summed E-state index contributed by atoms with van der Waals surface area (Å²) in [6, 6.07) is -0.135. The van der Waals surface area contributed by atoms with Crippen LogP contribution in [0, 0.1) is 5.92 Å². The Morgan fingerprint density at radius 2 is 2.33 bits per heavy atom. The third-order valence-corrected chi connectivity index (χ3v) is 2.85. The molecule has 1 saturated heterocycles. The van der Waals surface area contributed by atoms with Crippen LogP contribution in [0.5, 0.6) is 0 Å². The molecule has 6 heteroatoms. The molecule has 0 spiro atoms. The number of hydrogen-bond acceptors (Lipinski definition) is 4. The Kier molecular flexibility index (Phi) is 3.90. The van der Waals surface area contributed by atoms with Crippen molar-refractivity contribution in [2.45, 2.75) is 25.8 Å². The number of nitrogens with two attached hydrogens (primary N) is 1. The van der Waals surface area contributed by atoms with Gasteiger partial charge in [-0.15, -0.1) is 0 Å². The van der Waals surface area contributed by atoms with Crippen LogP contribution >= 0.6 is 0 Å². The van der Waals surface area contributed by atoms with Gasteiger partial charge in [0, 0.05) is 6.54 Å². The highest BCUT2D eigenvalue weighted by atomic mass is 16.4. The molecule has 2 atom stereocenters. The van der Waals surface area contributed by atoms with Gasteiger partial charge in [-0.1, -0.05) is 12.1 Å². The van der Waals surface area contributed by atoms with Gasteiger partial charge >= 0.3 is 0 Å². The number of amides is 1. The van der Waals surface area contributed by atoms with Crippen molar-refractivity contribution in [3.63, 3.8) is 0 Å². The quantitative estimate of drug-likeness (QED) is 0.252. The van der Waals surface area contributed by atoms with Crippen LogP contribution in [0.2, 0.25) is 0 Å². The van der Waals surface area contributed by atoms with Crippen LogP contribution in [0.15, 0.2) is 5.16 Å². The molecule has 86 valence electrons. The molecule has 1 fully saturated rings. The Hall–Kier alpha value is -1.30. The van der Waals surface area contributed by atoms with Crippen LogP contribution < -0.4 is 5.73 Å². The average molecular weight is 215 g/mol. The highest BCUT2D eigenvalue weighted by Gasteiger charge is 2.33. The molecule has 0 aromatic heterocycles. The predicted molar refractivity (Wildman–Crippen MR) is 54.4 cm³/mol. The van der Waals surface area contributed by atoms with Crippen molar-refractivity contribution in [2.24, 2.45) is 16.8 Å². The maximum Gasteiger partial charge on any atom is 0.230 e. The molecule has 1 amide bonds. The lowest BCUT2D eigenvalue weighted by Gasteiger charge is -2.24. The van der Waals surface area contributed by atoms with E-state index in [4.69, 9.17) is 16.0 Å². The lowest BCUT2D eigenvalue weighted by Crippen LogP contribution is -2.41. The van der Waals surface area contributed by atoms with E-state index >= 15 is 0 Å². The van der Waals surface area contributed by atoms with Gasteiger partial charge in [-0.05, 0) is 12.3 Å². The van der Waals surface area contributed by atoms with Crippen LogP contribution in [0.4, 0.5) is 0 Å². The van der Waals surface area contributed by atoms with E-state index in [1.165, 1.54) is 0 Å². The first kappa shape index (κ1) is 11.8. The third kappa shape index (κ3) is 2.59. The summed E-state index contributed by atoms with van der Waals surface area (Å²) >= 11 is 0. The third-order valence-electron chi connectivity index (χ3n) is 2.85. The molecule has 0 bridgehead atoms. The molecule has 6 nitrogen and oxygen atoms in total. The molecule has 1 heterocycles. The summed E-state index contributed by atoms with van der Waals surface area (Å²) in [6.07, 6.45) is 0.785. The summed E-state index contributed by atoms with van der Waals surface area (Å²) in [4.78, 5) is 13.3. The van der Waals surface area contributed by atoms with Gasteiger partial charge in [-0.2, -0.15) is 0 Å². The molecular weight excluding hydrogens is 198 g/mol. The normalized spacial score (nSPS) is 27.1. The van der Waals surface area contributed by atoms with Crippen LogP contribution in [-0.4, -0.2) is 46.1 Å². The van der Waals surface area contributed by atoms with Gasteiger partial charge in [-0.25, -0.2) is 0 Å². The lowest BCUT2D eigenvalue weighted by molar-refractivity contribution is -0.131. The number of hydrogen-bond donors (Lipinski definition) is 3. The van der Waals surface area contributed by atoms with Crippen molar-refractivity contribution < 1.29 is 15.1 Å². The number of carbonyl (C=O) groups excluding carboxylic acids is 1. The van der Waals surface area contributed by atoms with Crippen LogP contribution in [0.25, 0.3) is 0 Å². The molecule has 0 aromatic carbocycles. The lowest BCUT2D eigenvalue weighted by atomic mass is 10.0. The molecule has 0 radical (unpaired) electrons. The Labute approximate surface area is 88.4 Å². The fraction of sp³-hybridized carbons (Fsp3) is 0.778. The zero-order chi connectivity index (χ0) is 11.4. The Balaban J connectivity index is 2.60. The second-order valence-corrected chi connectivity index (χ2v) is 3.87. The first-order chi connectivity index (χ1) is 7.10. The fourth-order valence-corrected chi connectivity index (χ4v) is 1.89. The summed E-state index contributed by atoms with van der Waals surface area (Å²) in [5.41, 5.74) is 5.25. The van der Waals surface area contributed by atoms with Crippen LogP contribution in [-0.2, 0) is 4.79 Å². The zero-order valence-corrected chi connectivity index (χ0v) is 8.76. The maximum absolute atomic E-state index is 11.7. The smallest absolute Gasteiger partial charge is 0.230 e. The first-order valence-electron chi connectivity index (χ1n) is 4.96. The van der Waals surface area contributed by atoms with E-state index in [1.807, 2.05) is 6.92 Å². The Bertz CT molecular complexity index is 267. The molecule has 15 heavy (non-hydrogen) atoms. The molecule has 1 aliphatic heterocycles. The minimum absolute atomic E-state index is 0.0386. The van der Waals surface area contributed by atoms with Crippen molar-refractivity contribution in [2.75, 3.05) is 13.2 Å². The van der Waals surface area contributed by atoms with Gasteiger partial charge in [0.2, 0.25) is 5.91 Å². The summed E-state index contributed by atoms with van der Waals surface area (Å²) in [6.45, 7) is 2.59. The van der Waals surface area contributed by atoms with E-state index in [1.54, 1.807) is 4.90 Å². The van der Waals surface area contributed by atoms with Gasteiger partial charge in [0.15, 0.2) is 0 Å². The molecule has 1 aliphatic rings. The largest absolute Gasteiger partial charge is 0.409 e. The summed E-state index contributed by atoms with van der Waals surface area (Å²) in [5, 5.41) is 20.2. The number of likely N-dealkylation sites (tertiary alicyclic amines) is 1. The summed E-state index contributed by atoms with van der Waals surface area (Å²) in [7, 11) is 0. The number of oxime groups is 1. The molecular formula is C9H17N3O3. The molecule has 2 unspecified atom stereocenters. The molecule has 4 N–H and O–H groups in total. The summed E-state index contributed by atoms with van der Waals surface area (Å²) < 4.78 is 0. The highest BCUT2D eigenvalue weighted by Crippen LogP contribution is 2.23. The van der Waals surface area contributed by atoms with Crippen molar-refractivity contribution in [3.05, 3.63) is 0 Å². The van der Waals surface area contributed by atoms with E-state index in [0.717, 1.165) is 6.42 Å². The van der Waals surface area contributed by atoms with Gasteiger partial charge in [0.05, 0.1) is 19.1 Å². The van der Waals surface area contributed by atoms with Crippen LogP contribution in [0.1, 0.15) is 19.8 Å². The molecule has 0 aromatic rings. The average Bonchev–Trinajstić information content (AvgIpc) is 2.59. The number of aliphatic hydroxyl groups is 1. The predicted octanol–water partition coefficient (Wildman–Crippen LogP) is -0.648. The highest BCUT2D eigenvalue weighted by molar-refractivity contribution is 5.98. The van der Waals surface area contributed by atoms with Crippen molar-refractivity contribution in [3.8, 4) is 0 Å². The molecule has 1 rings (SSSR count). The number of aliphatic hydroxyl groups excluding tert-OH is 1. The minimum atomic E-state index is -0.200. The van der Waals surface area contributed by atoms with Crippen molar-refractivity contribution >= 4 is 11.7 Å². The second-order valence-electron chi connectivity index (χ2n) is 3.87. The van der Waals surface area contributed by atoms with E-state index in [0.29, 0.717) is 12.5 Å². The Morgan fingerprint density at radius 3 is 2.87 bits per heavy atom. The first-order valence-corrected chi connectivity index (χ1v) is 4.96. The number of carbonyl (C=O) groups is 1. The van der Waals surface area contributed by atoms with Gasteiger partial charge in [0.25, 0.3) is 0 Å². The fourth-order valence-electron chi connectivity index (χ4n) is 1.89. The Morgan fingerprint density at radius 1 is 1.67 bits per heavy atom.